The second-order valence-corrected chi connectivity index (χ2v) is 5.76. The van der Waals surface area contributed by atoms with Crippen molar-refractivity contribution in [1.82, 2.24) is 5.32 Å². The summed E-state index contributed by atoms with van der Waals surface area (Å²) < 4.78 is 5.77. The van der Waals surface area contributed by atoms with Gasteiger partial charge in [0.1, 0.15) is 5.75 Å². The van der Waals surface area contributed by atoms with Gasteiger partial charge < -0.3 is 15.8 Å². The zero-order valence-electron chi connectivity index (χ0n) is 13.4. The van der Waals surface area contributed by atoms with Gasteiger partial charge in [0.15, 0.2) is 5.96 Å². The molecule has 4 nitrogen and oxygen atoms in total. The fraction of sp³-hybridized carbons (Fsp3) is 0.389. The summed E-state index contributed by atoms with van der Waals surface area (Å²) in [5.41, 5.74) is 5.78. The molecule has 0 aliphatic heterocycles. The van der Waals surface area contributed by atoms with Gasteiger partial charge in [-0.1, -0.05) is 44.2 Å². The van der Waals surface area contributed by atoms with Gasteiger partial charge in [0.05, 0.1) is 6.61 Å². The molecule has 0 saturated heterocycles. The first-order chi connectivity index (χ1) is 10.6. The van der Waals surface area contributed by atoms with E-state index in [-0.39, 0.29) is 0 Å². The normalized spacial score (nSPS) is 11.9. The third kappa shape index (κ3) is 5.28. The summed E-state index contributed by atoms with van der Waals surface area (Å²) in [5.74, 6) is 1.94. The quantitative estimate of drug-likeness (QED) is 0.469. The molecule has 3 N–H and O–H groups in total. The molecule has 4 heteroatoms. The number of ether oxygens (including phenoxy) is 1. The van der Waals surface area contributed by atoms with E-state index in [1.165, 1.54) is 10.8 Å². The Balaban J connectivity index is 1.70. The third-order valence-electron chi connectivity index (χ3n) is 3.24. The molecule has 0 unspecified atom stereocenters. The van der Waals surface area contributed by atoms with Crippen LogP contribution in [0.5, 0.6) is 5.75 Å². The lowest BCUT2D eigenvalue weighted by atomic mass is 10.1. The first-order valence-corrected chi connectivity index (χ1v) is 7.80. The summed E-state index contributed by atoms with van der Waals surface area (Å²) >= 11 is 0. The number of nitrogens with zero attached hydrogens (tertiary/aromatic N) is 1. The van der Waals surface area contributed by atoms with Crippen LogP contribution in [0, 0.1) is 5.92 Å². The van der Waals surface area contributed by atoms with Crippen molar-refractivity contribution in [3.05, 3.63) is 42.5 Å². The van der Waals surface area contributed by atoms with Gasteiger partial charge >= 0.3 is 0 Å². The summed E-state index contributed by atoms with van der Waals surface area (Å²) in [6.45, 7) is 6.42. The number of aliphatic imine (C=N–C) groups is 1. The van der Waals surface area contributed by atoms with Crippen LogP contribution in [-0.4, -0.2) is 25.7 Å². The number of rotatable bonds is 7. The number of hydrogen-bond donors (Lipinski definition) is 2. The van der Waals surface area contributed by atoms with Crippen LogP contribution >= 0.6 is 0 Å². The van der Waals surface area contributed by atoms with E-state index in [0.717, 1.165) is 25.3 Å². The summed E-state index contributed by atoms with van der Waals surface area (Å²) in [6, 6.07) is 14.4. The minimum absolute atomic E-state index is 0.513. The van der Waals surface area contributed by atoms with Gasteiger partial charge in [-0.15, -0.1) is 0 Å². The monoisotopic (exact) mass is 299 g/mol. The van der Waals surface area contributed by atoms with Crippen LogP contribution in [0.3, 0.4) is 0 Å². The van der Waals surface area contributed by atoms with Gasteiger partial charge in [-0.05, 0) is 35.2 Å². The molecule has 0 radical (unpaired) electrons. The third-order valence-corrected chi connectivity index (χ3v) is 3.24. The fourth-order valence-electron chi connectivity index (χ4n) is 2.07. The Kier molecular flexibility index (Phi) is 6.07. The molecule has 0 spiro atoms. The van der Waals surface area contributed by atoms with Gasteiger partial charge in [0.25, 0.3) is 0 Å². The van der Waals surface area contributed by atoms with Crippen LogP contribution in [0.4, 0.5) is 0 Å². The molecule has 0 fully saturated rings. The molecule has 0 aliphatic carbocycles. The minimum atomic E-state index is 0.513. The maximum absolute atomic E-state index is 5.78. The maximum Gasteiger partial charge on any atom is 0.188 e. The first-order valence-electron chi connectivity index (χ1n) is 7.80. The molecule has 0 aromatic heterocycles. The van der Waals surface area contributed by atoms with E-state index in [9.17, 15) is 0 Å². The van der Waals surface area contributed by atoms with Crippen molar-refractivity contribution in [2.75, 3.05) is 19.7 Å². The molecule has 22 heavy (non-hydrogen) atoms. The molecule has 0 bridgehead atoms. The van der Waals surface area contributed by atoms with Crippen LogP contribution in [0.1, 0.15) is 20.3 Å². The molecule has 2 aromatic rings. The molecule has 0 atom stereocenters. The van der Waals surface area contributed by atoms with E-state index < -0.39 is 0 Å². The zero-order chi connectivity index (χ0) is 15.8. The Morgan fingerprint density at radius 1 is 1.18 bits per heavy atom. The standard InChI is InChI=1S/C18H25N3O/c1-14(2)13-21-18(19)20-10-5-11-22-17-9-8-15-6-3-4-7-16(15)12-17/h3-4,6-9,12,14H,5,10-11,13H2,1-2H3,(H3,19,20,21). The molecular weight excluding hydrogens is 274 g/mol. The predicted molar refractivity (Wildman–Crippen MR) is 93.4 cm³/mol. The Hall–Kier alpha value is -2.23. The van der Waals surface area contributed by atoms with Crippen molar-refractivity contribution >= 4 is 16.7 Å². The average Bonchev–Trinajstić information content (AvgIpc) is 2.52. The second-order valence-electron chi connectivity index (χ2n) is 5.76. The van der Waals surface area contributed by atoms with Gasteiger partial charge in [-0.25, -0.2) is 0 Å². The molecular formula is C18H25N3O. The van der Waals surface area contributed by atoms with E-state index in [1.807, 2.05) is 18.2 Å². The molecule has 0 amide bonds. The Morgan fingerprint density at radius 3 is 2.73 bits per heavy atom. The predicted octanol–water partition coefficient (Wildman–Crippen LogP) is 3.17. The van der Waals surface area contributed by atoms with Gasteiger partial charge in [0.2, 0.25) is 0 Å². The highest BCUT2D eigenvalue weighted by Crippen LogP contribution is 2.20. The van der Waals surface area contributed by atoms with E-state index in [0.29, 0.717) is 18.5 Å². The number of guanidine groups is 1. The van der Waals surface area contributed by atoms with Crippen molar-refractivity contribution < 1.29 is 4.74 Å². The molecule has 2 aromatic carbocycles. The Labute approximate surface area is 132 Å². The van der Waals surface area contributed by atoms with Crippen LogP contribution < -0.4 is 15.8 Å². The molecule has 118 valence electrons. The van der Waals surface area contributed by atoms with Crippen LogP contribution in [0.25, 0.3) is 10.8 Å². The minimum Gasteiger partial charge on any atom is -0.494 e. The molecule has 2 rings (SSSR count). The summed E-state index contributed by atoms with van der Waals surface area (Å²) in [7, 11) is 0. The first kappa shape index (κ1) is 16.1. The average molecular weight is 299 g/mol. The SMILES string of the molecule is CC(C)CN=C(N)NCCCOc1ccc2ccccc2c1. The summed E-state index contributed by atoms with van der Waals surface area (Å²) in [4.78, 5) is 4.26. The molecule has 0 aliphatic rings. The van der Waals surface area contributed by atoms with Crippen molar-refractivity contribution in [2.24, 2.45) is 16.6 Å². The van der Waals surface area contributed by atoms with Crippen molar-refractivity contribution in [3.8, 4) is 5.75 Å². The van der Waals surface area contributed by atoms with Gasteiger partial charge in [-0.3, -0.25) is 4.99 Å². The van der Waals surface area contributed by atoms with Crippen molar-refractivity contribution in [3.63, 3.8) is 0 Å². The number of benzene rings is 2. The van der Waals surface area contributed by atoms with Crippen molar-refractivity contribution in [1.29, 1.82) is 0 Å². The van der Waals surface area contributed by atoms with E-state index in [4.69, 9.17) is 10.5 Å². The largest absolute Gasteiger partial charge is 0.494 e. The lowest BCUT2D eigenvalue weighted by Gasteiger charge is -2.09. The summed E-state index contributed by atoms with van der Waals surface area (Å²) in [5, 5.41) is 5.53. The highest BCUT2D eigenvalue weighted by molar-refractivity contribution is 5.83. The Morgan fingerprint density at radius 2 is 1.95 bits per heavy atom. The second kappa shape index (κ2) is 8.27. The molecule has 0 saturated carbocycles. The summed E-state index contributed by atoms with van der Waals surface area (Å²) in [6.07, 6.45) is 0.880. The number of nitrogens with one attached hydrogen (secondary N) is 1. The van der Waals surface area contributed by atoms with E-state index >= 15 is 0 Å². The van der Waals surface area contributed by atoms with Crippen LogP contribution in [-0.2, 0) is 0 Å². The smallest absolute Gasteiger partial charge is 0.188 e. The number of fused-ring (bicyclic) bond motifs is 1. The topological polar surface area (TPSA) is 59.6 Å². The van der Waals surface area contributed by atoms with Gasteiger partial charge in [-0.2, -0.15) is 0 Å². The van der Waals surface area contributed by atoms with E-state index in [1.54, 1.807) is 0 Å². The van der Waals surface area contributed by atoms with E-state index in [2.05, 4.69) is 48.4 Å². The lowest BCUT2D eigenvalue weighted by Crippen LogP contribution is -2.33. The highest BCUT2D eigenvalue weighted by Gasteiger charge is 1.98. The number of hydrogen-bond acceptors (Lipinski definition) is 2. The van der Waals surface area contributed by atoms with Crippen molar-refractivity contribution in [2.45, 2.75) is 20.3 Å². The fourth-order valence-corrected chi connectivity index (χ4v) is 2.07. The maximum atomic E-state index is 5.78. The van der Waals surface area contributed by atoms with Crippen LogP contribution in [0.15, 0.2) is 47.5 Å². The number of nitrogens with two attached hydrogens (primary N) is 1. The lowest BCUT2D eigenvalue weighted by molar-refractivity contribution is 0.311. The molecule has 0 heterocycles. The Bertz CT molecular complexity index is 623. The zero-order valence-corrected chi connectivity index (χ0v) is 13.4. The highest BCUT2D eigenvalue weighted by atomic mass is 16.5. The van der Waals surface area contributed by atoms with Gasteiger partial charge in [0, 0.05) is 13.1 Å². The van der Waals surface area contributed by atoms with Crippen LogP contribution in [0.2, 0.25) is 0 Å².